The first kappa shape index (κ1) is 15.2. The Morgan fingerprint density at radius 3 is 2.39 bits per heavy atom. The van der Waals surface area contributed by atoms with E-state index in [-0.39, 0.29) is 0 Å². The van der Waals surface area contributed by atoms with Crippen molar-refractivity contribution in [2.45, 2.75) is 59.4 Å². The molecule has 0 radical (unpaired) electrons. The molecule has 0 aliphatic carbocycles. The highest BCUT2D eigenvalue weighted by molar-refractivity contribution is 5.30. The highest BCUT2D eigenvalue weighted by Crippen LogP contribution is 2.24. The third-order valence-corrected chi connectivity index (χ3v) is 3.54. The minimum atomic E-state index is 0.532. The summed E-state index contributed by atoms with van der Waals surface area (Å²) in [6.45, 7) is 10.1. The smallest absolute Gasteiger partial charge is 0.0322 e. The van der Waals surface area contributed by atoms with E-state index in [0.29, 0.717) is 6.04 Å². The first-order chi connectivity index (χ1) is 8.69. The second kappa shape index (κ2) is 8.31. The van der Waals surface area contributed by atoms with Gasteiger partial charge < -0.3 is 5.32 Å². The molecule has 0 bridgehead atoms. The number of hydrogen-bond donors (Lipinski definition) is 1. The van der Waals surface area contributed by atoms with Crippen LogP contribution in [0.1, 0.15) is 64.1 Å². The minimum Gasteiger partial charge on any atom is -0.310 e. The van der Waals surface area contributed by atoms with Crippen LogP contribution in [0.2, 0.25) is 0 Å². The van der Waals surface area contributed by atoms with E-state index in [1.54, 1.807) is 0 Å². The maximum Gasteiger partial charge on any atom is 0.0322 e. The van der Waals surface area contributed by atoms with Crippen molar-refractivity contribution in [1.82, 2.24) is 5.32 Å². The van der Waals surface area contributed by atoms with E-state index in [2.05, 4.69) is 57.3 Å². The van der Waals surface area contributed by atoms with Crippen LogP contribution in [0.5, 0.6) is 0 Å². The van der Waals surface area contributed by atoms with Gasteiger partial charge in [0.05, 0.1) is 0 Å². The van der Waals surface area contributed by atoms with Crippen LogP contribution < -0.4 is 5.32 Å². The van der Waals surface area contributed by atoms with Crippen LogP contribution in [0, 0.1) is 5.92 Å². The zero-order valence-electron chi connectivity index (χ0n) is 12.5. The first-order valence-electron chi connectivity index (χ1n) is 7.50. The van der Waals surface area contributed by atoms with E-state index < -0.39 is 0 Å². The number of rotatable bonds is 8. The van der Waals surface area contributed by atoms with E-state index >= 15 is 0 Å². The third-order valence-electron chi connectivity index (χ3n) is 3.54. The fourth-order valence-corrected chi connectivity index (χ4v) is 2.54. The molecule has 102 valence electrons. The second-order valence-electron chi connectivity index (χ2n) is 5.49. The molecular weight excluding hydrogens is 218 g/mol. The average molecular weight is 247 g/mol. The Morgan fingerprint density at radius 1 is 1.06 bits per heavy atom. The van der Waals surface area contributed by atoms with Crippen LogP contribution in [0.4, 0.5) is 0 Å². The Balaban J connectivity index is 2.70. The van der Waals surface area contributed by atoms with Gasteiger partial charge in [0.1, 0.15) is 0 Å². The molecule has 1 aromatic rings. The molecule has 0 aromatic heterocycles. The van der Waals surface area contributed by atoms with Gasteiger partial charge >= 0.3 is 0 Å². The van der Waals surface area contributed by atoms with Crippen molar-refractivity contribution in [3.63, 3.8) is 0 Å². The Bertz CT molecular complexity index is 330. The van der Waals surface area contributed by atoms with E-state index in [9.17, 15) is 0 Å². The lowest BCUT2D eigenvalue weighted by Crippen LogP contribution is -2.22. The minimum absolute atomic E-state index is 0.532. The molecular formula is C17H29N. The number of hydrogen-bond acceptors (Lipinski definition) is 1. The molecule has 0 saturated carbocycles. The van der Waals surface area contributed by atoms with Gasteiger partial charge in [-0.1, -0.05) is 64.8 Å². The molecule has 1 unspecified atom stereocenters. The predicted octanol–water partition coefficient (Wildman–Crippen LogP) is 4.73. The number of nitrogens with one attached hydrogen (secondary N) is 1. The lowest BCUT2D eigenvalue weighted by molar-refractivity contribution is 0.453. The first-order valence-corrected chi connectivity index (χ1v) is 7.50. The number of aryl methyl sites for hydroxylation is 1. The molecule has 18 heavy (non-hydrogen) atoms. The summed E-state index contributed by atoms with van der Waals surface area (Å²) in [6.07, 6.45) is 5.02. The molecule has 1 aromatic carbocycles. The van der Waals surface area contributed by atoms with Crippen molar-refractivity contribution < 1.29 is 0 Å². The van der Waals surface area contributed by atoms with Crippen LogP contribution >= 0.6 is 0 Å². The van der Waals surface area contributed by atoms with E-state index in [4.69, 9.17) is 0 Å². The van der Waals surface area contributed by atoms with Gasteiger partial charge in [0.25, 0.3) is 0 Å². The van der Waals surface area contributed by atoms with Crippen LogP contribution in [-0.4, -0.2) is 6.54 Å². The maximum atomic E-state index is 3.65. The molecule has 1 N–H and O–H groups in total. The van der Waals surface area contributed by atoms with Crippen molar-refractivity contribution in [3.8, 4) is 0 Å². The summed E-state index contributed by atoms with van der Waals surface area (Å²) in [6, 6.07) is 9.41. The maximum absolute atomic E-state index is 3.65. The highest BCUT2D eigenvalue weighted by Gasteiger charge is 2.13. The Hall–Kier alpha value is -0.820. The molecule has 0 spiro atoms. The SMILES string of the molecule is CCNC(CCCC(C)C)c1ccccc1CC. The predicted molar refractivity (Wildman–Crippen MR) is 80.9 cm³/mol. The average Bonchev–Trinajstić information content (AvgIpc) is 2.37. The standard InChI is InChI=1S/C17H29N/c1-5-15-11-7-8-12-16(15)17(18-6-2)13-9-10-14(3)4/h7-8,11-12,14,17-18H,5-6,9-10,13H2,1-4H3. The van der Waals surface area contributed by atoms with Crippen molar-refractivity contribution in [1.29, 1.82) is 0 Å². The molecule has 1 rings (SSSR count). The van der Waals surface area contributed by atoms with Crippen molar-refractivity contribution >= 4 is 0 Å². The summed E-state index contributed by atoms with van der Waals surface area (Å²) in [5.74, 6) is 0.814. The molecule has 1 heteroatoms. The lowest BCUT2D eigenvalue weighted by Gasteiger charge is -2.21. The Labute approximate surface area is 113 Å². The summed E-state index contributed by atoms with van der Waals surface area (Å²) in [7, 11) is 0. The van der Waals surface area contributed by atoms with Crippen LogP contribution in [0.3, 0.4) is 0 Å². The monoisotopic (exact) mass is 247 g/mol. The Morgan fingerprint density at radius 2 is 1.78 bits per heavy atom. The molecule has 1 nitrogen and oxygen atoms in total. The van der Waals surface area contributed by atoms with Crippen molar-refractivity contribution in [2.75, 3.05) is 6.54 Å². The van der Waals surface area contributed by atoms with E-state index in [0.717, 1.165) is 18.9 Å². The molecule has 0 fully saturated rings. The van der Waals surface area contributed by atoms with Crippen LogP contribution in [0.15, 0.2) is 24.3 Å². The van der Waals surface area contributed by atoms with E-state index in [1.165, 1.54) is 30.4 Å². The molecule has 0 heterocycles. The van der Waals surface area contributed by atoms with Gasteiger partial charge in [0.15, 0.2) is 0 Å². The lowest BCUT2D eigenvalue weighted by atomic mass is 9.93. The van der Waals surface area contributed by atoms with Crippen LogP contribution in [-0.2, 0) is 6.42 Å². The second-order valence-corrected chi connectivity index (χ2v) is 5.49. The van der Waals surface area contributed by atoms with Gasteiger partial charge in [-0.25, -0.2) is 0 Å². The van der Waals surface area contributed by atoms with Gasteiger partial charge in [-0.3, -0.25) is 0 Å². The van der Waals surface area contributed by atoms with E-state index in [1.807, 2.05) is 0 Å². The molecule has 0 saturated heterocycles. The van der Waals surface area contributed by atoms with Crippen LogP contribution in [0.25, 0.3) is 0 Å². The summed E-state index contributed by atoms with van der Waals surface area (Å²) in [4.78, 5) is 0. The quantitative estimate of drug-likeness (QED) is 0.700. The van der Waals surface area contributed by atoms with Gasteiger partial charge in [0, 0.05) is 6.04 Å². The van der Waals surface area contributed by atoms with Gasteiger partial charge in [0.2, 0.25) is 0 Å². The Kier molecular flexibility index (Phi) is 7.04. The summed E-state index contributed by atoms with van der Waals surface area (Å²) in [5.41, 5.74) is 3.00. The topological polar surface area (TPSA) is 12.0 Å². The largest absolute Gasteiger partial charge is 0.310 e. The fraction of sp³-hybridized carbons (Fsp3) is 0.647. The summed E-state index contributed by atoms with van der Waals surface area (Å²) >= 11 is 0. The zero-order chi connectivity index (χ0) is 13.4. The molecule has 0 aliphatic heterocycles. The van der Waals surface area contributed by atoms with Gasteiger partial charge in [-0.2, -0.15) is 0 Å². The molecule has 1 atom stereocenters. The van der Waals surface area contributed by atoms with Crippen molar-refractivity contribution in [2.24, 2.45) is 5.92 Å². The third kappa shape index (κ3) is 4.81. The normalized spacial score (nSPS) is 12.9. The summed E-state index contributed by atoms with van der Waals surface area (Å²) in [5, 5.41) is 3.65. The molecule has 0 aliphatic rings. The fourth-order valence-electron chi connectivity index (χ4n) is 2.54. The number of benzene rings is 1. The van der Waals surface area contributed by atoms with Crippen molar-refractivity contribution in [3.05, 3.63) is 35.4 Å². The van der Waals surface area contributed by atoms with Gasteiger partial charge in [-0.15, -0.1) is 0 Å². The summed E-state index contributed by atoms with van der Waals surface area (Å²) < 4.78 is 0. The van der Waals surface area contributed by atoms with Gasteiger partial charge in [-0.05, 0) is 36.4 Å². The highest BCUT2D eigenvalue weighted by atomic mass is 14.9. The molecule has 0 amide bonds. The zero-order valence-corrected chi connectivity index (χ0v) is 12.5.